The molecule has 0 aliphatic carbocycles. The van der Waals surface area contributed by atoms with Gasteiger partial charge in [0.15, 0.2) is 0 Å². The van der Waals surface area contributed by atoms with Gasteiger partial charge in [0.25, 0.3) is 5.69 Å². The summed E-state index contributed by atoms with van der Waals surface area (Å²) in [7, 11) is 4.11. The minimum atomic E-state index is -0.362. The van der Waals surface area contributed by atoms with Gasteiger partial charge in [-0.3, -0.25) is 10.1 Å². The van der Waals surface area contributed by atoms with Gasteiger partial charge in [-0.05, 0) is 54.0 Å². The quantitative estimate of drug-likeness (QED) is 0.571. The predicted molar refractivity (Wildman–Crippen MR) is 89.4 cm³/mol. The molecule has 0 spiro atoms. The summed E-state index contributed by atoms with van der Waals surface area (Å²) in [5.74, 6) is 0.613. The van der Waals surface area contributed by atoms with Gasteiger partial charge in [0.05, 0.1) is 9.40 Å². The summed E-state index contributed by atoms with van der Waals surface area (Å²) in [5, 5.41) is 14.5. The third-order valence-corrected chi connectivity index (χ3v) is 3.81. The number of halogens is 1. The zero-order valence-corrected chi connectivity index (χ0v) is 14.7. The van der Waals surface area contributed by atoms with Crippen molar-refractivity contribution in [2.24, 2.45) is 5.92 Å². The molecule has 5 nitrogen and oxygen atoms in total. The molecule has 1 rings (SSSR count). The van der Waals surface area contributed by atoms with Gasteiger partial charge in [-0.2, -0.15) is 0 Å². The number of hydrogen-bond acceptors (Lipinski definition) is 4. The Kier molecular flexibility index (Phi) is 7.28. The number of hydrogen-bond donors (Lipinski definition) is 1. The van der Waals surface area contributed by atoms with E-state index in [1.165, 1.54) is 0 Å². The van der Waals surface area contributed by atoms with E-state index in [4.69, 9.17) is 0 Å². The van der Waals surface area contributed by atoms with E-state index in [0.717, 1.165) is 18.5 Å². The molecule has 1 unspecified atom stereocenters. The Morgan fingerprint density at radius 3 is 2.57 bits per heavy atom. The largest absolute Gasteiger partial charge is 0.309 e. The van der Waals surface area contributed by atoms with E-state index in [-0.39, 0.29) is 10.6 Å². The zero-order valence-electron chi connectivity index (χ0n) is 13.1. The maximum Gasteiger partial charge on any atom is 0.283 e. The highest BCUT2D eigenvalue weighted by Gasteiger charge is 2.14. The number of nitro groups is 1. The summed E-state index contributed by atoms with van der Waals surface area (Å²) in [6.45, 7) is 6.00. The van der Waals surface area contributed by atoms with Crippen LogP contribution < -0.4 is 5.32 Å². The zero-order chi connectivity index (χ0) is 16.0. The van der Waals surface area contributed by atoms with Crippen molar-refractivity contribution in [1.29, 1.82) is 0 Å². The minimum absolute atomic E-state index is 0.113. The van der Waals surface area contributed by atoms with Crippen LogP contribution in [-0.4, -0.2) is 36.5 Å². The van der Waals surface area contributed by atoms with Crippen molar-refractivity contribution < 1.29 is 4.92 Å². The molecule has 0 fully saturated rings. The molecule has 0 amide bonds. The molecule has 1 atom stereocenters. The molecular formula is C15H24BrN3O2. The lowest BCUT2D eigenvalue weighted by molar-refractivity contribution is -0.385. The summed E-state index contributed by atoms with van der Waals surface area (Å²) in [5.41, 5.74) is 1.04. The molecule has 6 heteroatoms. The SMILES string of the molecule is CC(C)CC(CN(C)C)NCc1ccc(Br)c([N+](=O)[O-])c1. The fraction of sp³-hybridized carbons (Fsp3) is 0.600. The monoisotopic (exact) mass is 357 g/mol. The summed E-state index contributed by atoms with van der Waals surface area (Å²) < 4.78 is 0.517. The van der Waals surface area contributed by atoms with E-state index < -0.39 is 0 Å². The number of nitrogens with zero attached hydrogens (tertiary/aromatic N) is 2. The first kappa shape index (κ1) is 18.1. The van der Waals surface area contributed by atoms with E-state index in [1.54, 1.807) is 12.1 Å². The molecule has 0 radical (unpaired) electrons. The maximum atomic E-state index is 11.0. The van der Waals surface area contributed by atoms with E-state index in [9.17, 15) is 10.1 Å². The van der Waals surface area contributed by atoms with E-state index in [0.29, 0.717) is 23.0 Å². The van der Waals surface area contributed by atoms with Crippen LogP contribution in [-0.2, 0) is 6.54 Å². The maximum absolute atomic E-state index is 11.0. The van der Waals surface area contributed by atoms with Crippen LogP contribution in [0.3, 0.4) is 0 Å². The first-order chi connectivity index (χ1) is 9.79. The lowest BCUT2D eigenvalue weighted by Gasteiger charge is -2.24. The van der Waals surface area contributed by atoms with Gasteiger partial charge in [-0.25, -0.2) is 0 Å². The number of nitro benzene ring substituents is 1. The third-order valence-electron chi connectivity index (χ3n) is 3.14. The number of benzene rings is 1. The van der Waals surface area contributed by atoms with Crippen molar-refractivity contribution in [2.75, 3.05) is 20.6 Å². The molecule has 1 N–H and O–H groups in total. The van der Waals surface area contributed by atoms with Crippen LogP contribution in [0, 0.1) is 16.0 Å². The van der Waals surface area contributed by atoms with Crippen molar-refractivity contribution in [1.82, 2.24) is 10.2 Å². The molecule has 0 bridgehead atoms. The Morgan fingerprint density at radius 1 is 1.38 bits per heavy atom. The number of rotatable bonds is 8. The molecule has 0 aliphatic rings. The van der Waals surface area contributed by atoms with Gasteiger partial charge >= 0.3 is 0 Å². The molecular weight excluding hydrogens is 334 g/mol. The smallest absolute Gasteiger partial charge is 0.283 e. The molecule has 21 heavy (non-hydrogen) atoms. The molecule has 0 aliphatic heterocycles. The summed E-state index contributed by atoms with van der Waals surface area (Å²) in [6.07, 6.45) is 1.08. The van der Waals surface area contributed by atoms with Crippen LogP contribution in [0.25, 0.3) is 0 Å². The first-order valence-corrected chi connectivity index (χ1v) is 7.89. The Morgan fingerprint density at radius 2 is 2.05 bits per heavy atom. The van der Waals surface area contributed by atoms with Crippen LogP contribution in [0.1, 0.15) is 25.8 Å². The predicted octanol–water partition coefficient (Wildman–Crippen LogP) is 3.42. The molecule has 1 aromatic rings. The molecule has 0 heterocycles. The summed E-state index contributed by atoms with van der Waals surface area (Å²) in [6, 6.07) is 5.65. The fourth-order valence-electron chi connectivity index (χ4n) is 2.30. The molecule has 0 aromatic heterocycles. The van der Waals surface area contributed by atoms with Gasteiger partial charge in [-0.1, -0.05) is 19.9 Å². The van der Waals surface area contributed by atoms with Crippen LogP contribution >= 0.6 is 15.9 Å². The van der Waals surface area contributed by atoms with Crippen molar-refractivity contribution in [2.45, 2.75) is 32.9 Å². The van der Waals surface area contributed by atoms with Gasteiger partial charge in [0.2, 0.25) is 0 Å². The van der Waals surface area contributed by atoms with Crippen molar-refractivity contribution in [3.05, 3.63) is 38.3 Å². The Balaban J connectivity index is 2.70. The Bertz CT molecular complexity index is 468. The molecule has 118 valence electrons. The fourth-order valence-corrected chi connectivity index (χ4v) is 2.69. The Labute approximate surface area is 135 Å². The normalized spacial score (nSPS) is 12.9. The first-order valence-electron chi connectivity index (χ1n) is 7.10. The highest BCUT2D eigenvalue weighted by atomic mass is 79.9. The molecule has 1 aromatic carbocycles. The van der Waals surface area contributed by atoms with E-state index in [2.05, 4.69) is 54.1 Å². The second-order valence-electron chi connectivity index (χ2n) is 6.01. The second kappa shape index (κ2) is 8.46. The van der Waals surface area contributed by atoms with Crippen molar-refractivity contribution >= 4 is 21.6 Å². The molecule has 0 saturated carbocycles. The minimum Gasteiger partial charge on any atom is -0.309 e. The average Bonchev–Trinajstić information content (AvgIpc) is 2.35. The summed E-state index contributed by atoms with van der Waals surface area (Å²) >= 11 is 3.21. The van der Waals surface area contributed by atoms with Crippen LogP contribution in [0.5, 0.6) is 0 Å². The second-order valence-corrected chi connectivity index (χ2v) is 6.87. The average molecular weight is 358 g/mol. The summed E-state index contributed by atoms with van der Waals surface area (Å²) in [4.78, 5) is 12.7. The van der Waals surface area contributed by atoms with Crippen LogP contribution in [0.4, 0.5) is 5.69 Å². The highest BCUT2D eigenvalue weighted by Crippen LogP contribution is 2.25. The standard InChI is InChI=1S/C15H24BrN3O2/c1-11(2)7-13(10-18(3)4)17-9-12-5-6-14(16)15(8-12)19(20)21/h5-6,8,11,13,17H,7,9-10H2,1-4H3. The van der Waals surface area contributed by atoms with E-state index >= 15 is 0 Å². The van der Waals surface area contributed by atoms with Gasteiger partial charge in [-0.15, -0.1) is 0 Å². The number of likely N-dealkylation sites (N-methyl/N-ethyl adjacent to an activating group) is 1. The van der Waals surface area contributed by atoms with Crippen LogP contribution in [0.2, 0.25) is 0 Å². The highest BCUT2D eigenvalue weighted by molar-refractivity contribution is 9.10. The van der Waals surface area contributed by atoms with Crippen molar-refractivity contribution in [3.63, 3.8) is 0 Å². The lowest BCUT2D eigenvalue weighted by atomic mass is 10.0. The van der Waals surface area contributed by atoms with Gasteiger partial charge in [0.1, 0.15) is 0 Å². The van der Waals surface area contributed by atoms with Crippen molar-refractivity contribution in [3.8, 4) is 0 Å². The molecule has 0 saturated heterocycles. The van der Waals surface area contributed by atoms with Crippen LogP contribution in [0.15, 0.2) is 22.7 Å². The third kappa shape index (κ3) is 6.54. The Hall–Kier alpha value is -0.980. The van der Waals surface area contributed by atoms with E-state index in [1.807, 2.05) is 6.07 Å². The lowest BCUT2D eigenvalue weighted by Crippen LogP contribution is -2.38. The van der Waals surface area contributed by atoms with Gasteiger partial charge < -0.3 is 10.2 Å². The van der Waals surface area contributed by atoms with Gasteiger partial charge in [0, 0.05) is 25.2 Å². The topological polar surface area (TPSA) is 58.4 Å². The number of nitrogens with one attached hydrogen (secondary N) is 1.